The predicted molar refractivity (Wildman–Crippen MR) is 102 cm³/mol. The van der Waals surface area contributed by atoms with Crippen LogP contribution in [0.15, 0.2) is 48.5 Å². The van der Waals surface area contributed by atoms with Crippen LogP contribution in [-0.4, -0.2) is 25.2 Å². The molecule has 0 fully saturated rings. The Morgan fingerprint density at radius 2 is 1.88 bits per heavy atom. The number of fused-ring (bicyclic) bond motifs is 1. The standard InChI is InChI=1S/C22H27NO3/c1-15(2)26-22(24)21(16-8-5-4-6-9-16)23-18-12-13-19-17(14-18)10-7-11-20(19)25-3/h4-11,15,18,21,23H,12-14H2,1-3H3/t18-,21?/m0/s1. The van der Waals surface area contributed by atoms with E-state index in [1.54, 1.807) is 7.11 Å². The van der Waals surface area contributed by atoms with Crippen molar-refractivity contribution >= 4 is 5.97 Å². The Labute approximate surface area is 155 Å². The van der Waals surface area contributed by atoms with Crippen molar-refractivity contribution in [3.05, 3.63) is 65.2 Å². The molecule has 2 aromatic rings. The number of rotatable bonds is 6. The van der Waals surface area contributed by atoms with E-state index in [-0.39, 0.29) is 18.1 Å². The fourth-order valence-electron chi connectivity index (χ4n) is 3.59. The van der Waals surface area contributed by atoms with Gasteiger partial charge in [-0.25, -0.2) is 4.79 Å². The largest absolute Gasteiger partial charge is 0.496 e. The average Bonchev–Trinajstić information content (AvgIpc) is 2.65. The van der Waals surface area contributed by atoms with Crippen molar-refractivity contribution in [2.45, 2.75) is 51.3 Å². The number of methoxy groups -OCH3 is 1. The van der Waals surface area contributed by atoms with Crippen molar-refractivity contribution < 1.29 is 14.3 Å². The maximum Gasteiger partial charge on any atom is 0.328 e. The third-order valence-corrected chi connectivity index (χ3v) is 4.78. The van der Waals surface area contributed by atoms with Crippen molar-refractivity contribution in [1.29, 1.82) is 0 Å². The summed E-state index contributed by atoms with van der Waals surface area (Å²) in [6.07, 6.45) is 2.65. The first-order valence-corrected chi connectivity index (χ1v) is 9.24. The Hall–Kier alpha value is -2.33. The van der Waals surface area contributed by atoms with Crippen LogP contribution in [0.25, 0.3) is 0 Å². The van der Waals surface area contributed by atoms with Gasteiger partial charge >= 0.3 is 5.97 Å². The second kappa shape index (κ2) is 8.37. The van der Waals surface area contributed by atoms with E-state index >= 15 is 0 Å². The first-order chi connectivity index (χ1) is 12.6. The number of benzene rings is 2. The molecule has 138 valence electrons. The van der Waals surface area contributed by atoms with Crippen LogP contribution in [0, 0.1) is 0 Å². The lowest BCUT2D eigenvalue weighted by molar-refractivity contribution is -0.150. The number of hydrogen-bond donors (Lipinski definition) is 1. The molecule has 1 N–H and O–H groups in total. The first kappa shape index (κ1) is 18.5. The Kier molecular flexibility index (Phi) is 5.94. The second-order valence-electron chi connectivity index (χ2n) is 7.03. The molecule has 4 heteroatoms. The molecule has 26 heavy (non-hydrogen) atoms. The summed E-state index contributed by atoms with van der Waals surface area (Å²) in [5.41, 5.74) is 3.51. The third-order valence-electron chi connectivity index (χ3n) is 4.78. The number of hydrogen-bond acceptors (Lipinski definition) is 4. The van der Waals surface area contributed by atoms with Gasteiger partial charge in [0.15, 0.2) is 0 Å². The molecule has 2 aromatic carbocycles. The Bertz CT molecular complexity index is 742. The highest BCUT2D eigenvalue weighted by atomic mass is 16.5. The Balaban J connectivity index is 1.78. The molecule has 1 aliphatic rings. The molecule has 0 bridgehead atoms. The molecule has 0 saturated carbocycles. The Morgan fingerprint density at radius 1 is 1.12 bits per heavy atom. The molecule has 0 saturated heterocycles. The SMILES string of the molecule is COc1cccc2c1CC[C@H](NC(C(=O)OC(C)C)c1ccccc1)C2. The van der Waals surface area contributed by atoms with Gasteiger partial charge in [0.25, 0.3) is 0 Å². The summed E-state index contributed by atoms with van der Waals surface area (Å²) in [5.74, 6) is 0.738. The summed E-state index contributed by atoms with van der Waals surface area (Å²) < 4.78 is 11.0. The van der Waals surface area contributed by atoms with Crippen LogP contribution in [0.3, 0.4) is 0 Å². The summed E-state index contributed by atoms with van der Waals surface area (Å²) in [5, 5.41) is 3.54. The van der Waals surface area contributed by atoms with Crippen molar-refractivity contribution in [2.75, 3.05) is 7.11 Å². The molecular formula is C22H27NO3. The highest BCUT2D eigenvalue weighted by molar-refractivity contribution is 5.77. The zero-order valence-corrected chi connectivity index (χ0v) is 15.7. The van der Waals surface area contributed by atoms with Crippen LogP contribution < -0.4 is 10.1 Å². The quantitative estimate of drug-likeness (QED) is 0.802. The monoisotopic (exact) mass is 353 g/mol. The van der Waals surface area contributed by atoms with Crippen LogP contribution >= 0.6 is 0 Å². The molecule has 0 aliphatic heterocycles. The number of esters is 1. The number of carbonyl (C=O) groups excluding carboxylic acids is 1. The molecule has 0 heterocycles. The van der Waals surface area contributed by atoms with Crippen LogP contribution in [0.2, 0.25) is 0 Å². The molecule has 2 atom stereocenters. The van der Waals surface area contributed by atoms with Gasteiger partial charge in [-0.15, -0.1) is 0 Å². The van der Waals surface area contributed by atoms with E-state index in [1.165, 1.54) is 11.1 Å². The van der Waals surface area contributed by atoms with E-state index in [0.29, 0.717) is 0 Å². The molecule has 3 rings (SSSR count). The summed E-state index contributed by atoms with van der Waals surface area (Å²) in [4.78, 5) is 12.7. The lowest BCUT2D eigenvalue weighted by Crippen LogP contribution is -2.41. The summed E-state index contributed by atoms with van der Waals surface area (Å²) in [7, 11) is 1.72. The minimum atomic E-state index is -0.448. The molecule has 1 aliphatic carbocycles. The van der Waals surface area contributed by atoms with E-state index in [0.717, 1.165) is 30.6 Å². The van der Waals surface area contributed by atoms with Crippen LogP contribution in [0.5, 0.6) is 5.75 Å². The van der Waals surface area contributed by atoms with Crippen LogP contribution in [0.4, 0.5) is 0 Å². The van der Waals surface area contributed by atoms with Crippen LogP contribution in [-0.2, 0) is 22.4 Å². The van der Waals surface area contributed by atoms with E-state index in [2.05, 4.69) is 11.4 Å². The van der Waals surface area contributed by atoms with Gasteiger partial charge in [-0.05, 0) is 55.9 Å². The average molecular weight is 353 g/mol. The second-order valence-corrected chi connectivity index (χ2v) is 7.03. The van der Waals surface area contributed by atoms with Gasteiger partial charge < -0.3 is 9.47 Å². The van der Waals surface area contributed by atoms with Gasteiger partial charge in [0.2, 0.25) is 0 Å². The minimum Gasteiger partial charge on any atom is -0.496 e. The third kappa shape index (κ3) is 4.25. The lowest BCUT2D eigenvalue weighted by atomic mass is 9.87. The summed E-state index contributed by atoms with van der Waals surface area (Å²) in [6, 6.07) is 15.8. The highest BCUT2D eigenvalue weighted by Crippen LogP contribution is 2.30. The first-order valence-electron chi connectivity index (χ1n) is 9.24. The smallest absolute Gasteiger partial charge is 0.328 e. The number of ether oxygens (including phenoxy) is 2. The zero-order chi connectivity index (χ0) is 18.5. The van der Waals surface area contributed by atoms with Gasteiger partial charge in [-0.2, -0.15) is 0 Å². The molecule has 0 radical (unpaired) electrons. The van der Waals surface area contributed by atoms with Crippen molar-refractivity contribution in [3.8, 4) is 5.75 Å². The number of carbonyl (C=O) groups is 1. The topological polar surface area (TPSA) is 47.6 Å². The lowest BCUT2D eigenvalue weighted by Gasteiger charge is -2.30. The molecule has 0 spiro atoms. The minimum absolute atomic E-state index is 0.133. The van der Waals surface area contributed by atoms with Gasteiger partial charge in [0.05, 0.1) is 13.2 Å². The van der Waals surface area contributed by atoms with E-state index < -0.39 is 6.04 Å². The summed E-state index contributed by atoms with van der Waals surface area (Å²) >= 11 is 0. The van der Waals surface area contributed by atoms with E-state index in [4.69, 9.17) is 9.47 Å². The predicted octanol–water partition coefficient (Wildman–Crippen LogP) is 3.84. The van der Waals surface area contributed by atoms with Gasteiger partial charge in [0.1, 0.15) is 11.8 Å². The fraction of sp³-hybridized carbons (Fsp3) is 0.409. The normalized spacial score (nSPS) is 17.5. The molecule has 1 unspecified atom stereocenters. The molecule has 4 nitrogen and oxygen atoms in total. The van der Waals surface area contributed by atoms with Gasteiger partial charge in [-0.3, -0.25) is 5.32 Å². The summed E-state index contributed by atoms with van der Waals surface area (Å²) in [6.45, 7) is 3.76. The van der Waals surface area contributed by atoms with Crippen molar-refractivity contribution in [3.63, 3.8) is 0 Å². The zero-order valence-electron chi connectivity index (χ0n) is 15.7. The Morgan fingerprint density at radius 3 is 2.58 bits per heavy atom. The maximum atomic E-state index is 12.7. The van der Waals surface area contributed by atoms with Crippen LogP contribution in [0.1, 0.15) is 43.0 Å². The molecular weight excluding hydrogens is 326 g/mol. The van der Waals surface area contributed by atoms with Crippen molar-refractivity contribution in [2.24, 2.45) is 0 Å². The fourth-order valence-corrected chi connectivity index (χ4v) is 3.59. The maximum absolute atomic E-state index is 12.7. The van der Waals surface area contributed by atoms with Gasteiger partial charge in [-0.1, -0.05) is 42.5 Å². The molecule has 0 amide bonds. The van der Waals surface area contributed by atoms with E-state index in [9.17, 15) is 4.79 Å². The van der Waals surface area contributed by atoms with Crippen molar-refractivity contribution in [1.82, 2.24) is 5.32 Å². The highest BCUT2D eigenvalue weighted by Gasteiger charge is 2.28. The molecule has 0 aromatic heterocycles. The van der Waals surface area contributed by atoms with E-state index in [1.807, 2.05) is 56.3 Å². The number of nitrogens with one attached hydrogen (secondary N) is 1. The van der Waals surface area contributed by atoms with Gasteiger partial charge in [0, 0.05) is 6.04 Å².